The first-order valence-electron chi connectivity index (χ1n) is 7.53. The summed E-state index contributed by atoms with van der Waals surface area (Å²) in [5.41, 5.74) is 2.50. The van der Waals surface area contributed by atoms with E-state index >= 15 is 0 Å². The highest BCUT2D eigenvalue weighted by Gasteiger charge is 2.10. The van der Waals surface area contributed by atoms with Gasteiger partial charge in [-0.25, -0.2) is 0 Å². The van der Waals surface area contributed by atoms with Gasteiger partial charge in [0.1, 0.15) is 16.8 Å². The number of hydroxylamine groups is 1. The minimum atomic E-state index is -0.253. The molecule has 0 amide bonds. The predicted octanol–water partition coefficient (Wildman–Crippen LogP) is 6.29. The van der Waals surface area contributed by atoms with E-state index in [-0.39, 0.29) is 16.7 Å². The van der Waals surface area contributed by atoms with Crippen molar-refractivity contribution < 1.29 is 14.3 Å². The fourth-order valence-electron chi connectivity index (χ4n) is 1.53. The van der Waals surface area contributed by atoms with Gasteiger partial charge >= 0.3 is 0 Å². The van der Waals surface area contributed by atoms with Crippen LogP contribution in [0.4, 0.5) is 0 Å². The second kappa shape index (κ2) is 11.0. The molecule has 25 heavy (non-hydrogen) atoms. The highest BCUT2D eigenvalue weighted by atomic mass is 35.5. The van der Waals surface area contributed by atoms with Crippen LogP contribution in [0.5, 0.6) is 11.5 Å². The van der Waals surface area contributed by atoms with Crippen molar-refractivity contribution >= 4 is 46.4 Å². The Morgan fingerprint density at radius 2 is 1.76 bits per heavy atom. The van der Waals surface area contributed by atoms with Crippen molar-refractivity contribution in [2.75, 3.05) is 13.2 Å². The molecule has 0 heterocycles. The van der Waals surface area contributed by atoms with E-state index in [2.05, 4.69) is 5.48 Å². The molecule has 0 aromatic heterocycles. The molecule has 0 saturated carbocycles. The highest BCUT2D eigenvalue weighted by Crippen LogP contribution is 2.37. The van der Waals surface area contributed by atoms with E-state index in [4.69, 9.17) is 60.7 Å². The number of hydrogen-bond acceptors (Lipinski definition) is 4. The topological polar surface area (TPSA) is 39.7 Å². The molecule has 1 N–H and O–H groups in total. The molecule has 0 aliphatic carbocycles. The smallest absolute Gasteiger partial charge is 0.156 e. The normalized spacial score (nSPS) is 11.5. The molecule has 4 nitrogen and oxygen atoms in total. The average molecular weight is 429 g/mol. The molecule has 0 unspecified atom stereocenters. The van der Waals surface area contributed by atoms with E-state index in [0.717, 1.165) is 0 Å². The quantitative estimate of drug-likeness (QED) is 0.370. The number of benzene rings is 1. The molecule has 0 radical (unpaired) electrons. The zero-order valence-corrected chi connectivity index (χ0v) is 17.3. The van der Waals surface area contributed by atoms with Crippen molar-refractivity contribution in [2.24, 2.45) is 0 Å². The van der Waals surface area contributed by atoms with E-state index in [1.165, 1.54) is 6.08 Å². The minimum absolute atomic E-state index is 0.132. The van der Waals surface area contributed by atoms with Gasteiger partial charge in [-0.2, -0.15) is 0 Å². The van der Waals surface area contributed by atoms with Gasteiger partial charge in [-0.3, -0.25) is 10.3 Å². The zero-order valence-electron chi connectivity index (χ0n) is 14.2. The highest BCUT2D eigenvalue weighted by molar-refractivity contribution is 6.55. The molecule has 1 aromatic rings. The third-order valence-corrected chi connectivity index (χ3v) is 3.41. The Hall–Kier alpha value is -0.780. The molecule has 0 aliphatic rings. The van der Waals surface area contributed by atoms with Crippen LogP contribution in [-0.4, -0.2) is 18.8 Å². The number of nitrogens with one attached hydrogen (secondary N) is 1. The number of ether oxygens (including phenoxy) is 2. The van der Waals surface area contributed by atoms with Crippen LogP contribution in [0.15, 0.2) is 35.0 Å². The third kappa shape index (κ3) is 10.1. The second-order valence-corrected chi connectivity index (χ2v) is 7.71. The molecular formula is C17H21Cl4NO3. The van der Waals surface area contributed by atoms with Crippen molar-refractivity contribution in [3.63, 3.8) is 0 Å². The van der Waals surface area contributed by atoms with Gasteiger partial charge < -0.3 is 9.47 Å². The summed E-state index contributed by atoms with van der Waals surface area (Å²) in [7, 11) is 0. The number of halogens is 4. The summed E-state index contributed by atoms with van der Waals surface area (Å²) < 4.78 is 11.2. The van der Waals surface area contributed by atoms with Crippen molar-refractivity contribution in [3.05, 3.63) is 45.0 Å². The molecule has 140 valence electrons. The van der Waals surface area contributed by atoms with Crippen molar-refractivity contribution in [1.29, 1.82) is 0 Å². The number of rotatable bonds is 9. The summed E-state index contributed by atoms with van der Waals surface area (Å²) in [5, 5.41) is 0.725. The maximum Gasteiger partial charge on any atom is 0.156 e. The van der Waals surface area contributed by atoms with Crippen LogP contribution in [-0.2, 0) is 4.84 Å². The summed E-state index contributed by atoms with van der Waals surface area (Å²) in [6.07, 6.45) is 5.76. The van der Waals surface area contributed by atoms with Gasteiger partial charge in [0.2, 0.25) is 0 Å². The molecule has 0 bridgehead atoms. The summed E-state index contributed by atoms with van der Waals surface area (Å²) in [6, 6.07) is 3.24. The van der Waals surface area contributed by atoms with Gasteiger partial charge in [-0.05, 0) is 26.8 Å². The Balaban J connectivity index is 2.46. The monoisotopic (exact) mass is 427 g/mol. The van der Waals surface area contributed by atoms with Crippen molar-refractivity contribution in [2.45, 2.75) is 32.8 Å². The van der Waals surface area contributed by atoms with Crippen LogP contribution in [0.2, 0.25) is 10.0 Å². The predicted molar refractivity (Wildman–Crippen MR) is 105 cm³/mol. The lowest BCUT2D eigenvalue weighted by Gasteiger charge is -2.17. The Bertz CT molecular complexity index is 585. The third-order valence-electron chi connectivity index (χ3n) is 2.54. The van der Waals surface area contributed by atoms with Gasteiger partial charge in [0, 0.05) is 24.8 Å². The Labute approximate surface area is 168 Å². The van der Waals surface area contributed by atoms with Gasteiger partial charge in [-0.1, -0.05) is 52.5 Å². The first kappa shape index (κ1) is 22.3. The van der Waals surface area contributed by atoms with Crippen molar-refractivity contribution in [1.82, 2.24) is 5.48 Å². The van der Waals surface area contributed by atoms with E-state index in [0.29, 0.717) is 34.6 Å². The van der Waals surface area contributed by atoms with E-state index < -0.39 is 0 Å². The van der Waals surface area contributed by atoms with Gasteiger partial charge in [-0.15, -0.1) is 0 Å². The molecular weight excluding hydrogens is 408 g/mol. The molecule has 0 spiro atoms. The Kier molecular flexibility index (Phi) is 9.83. The standard InChI is InChI=1S/C17H21Cl4NO3/c1-17(2,3)25-22-7-4-5-8-24-16-13(18)10-12(11-14(16)19)23-9-6-15(20)21/h4,6-7,10-11,22H,5,8-9H2,1-3H3. The molecule has 0 aliphatic heterocycles. The largest absolute Gasteiger partial charge is 0.490 e. The first-order chi connectivity index (χ1) is 11.7. The van der Waals surface area contributed by atoms with Crippen LogP contribution in [0.25, 0.3) is 0 Å². The minimum Gasteiger partial charge on any atom is -0.490 e. The van der Waals surface area contributed by atoms with Gasteiger partial charge in [0.05, 0.1) is 22.3 Å². The van der Waals surface area contributed by atoms with Crippen molar-refractivity contribution in [3.8, 4) is 11.5 Å². The molecule has 8 heteroatoms. The summed E-state index contributed by atoms with van der Waals surface area (Å²) in [6.45, 7) is 6.49. The van der Waals surface area contributed by atoms with Crippen LogP contribution in [0, 0.1) is 0 Å². The summed E-state index contributed by atoms with van der Waals surface area (Å²) in [4.78, 5) is 5.34. The second-order valence-electron chi connectivity index (χ2n) is 5.89. The summed E-state index contributed by atoms with van der Waals surface area (Å²) in [5.74, 6) is 0.908. The van der Waals surface area contributed by atoms with Crippen LogP contribution < -0.4 is 15.0 Å². The van der Waals surface area contributed by atoms with Gasteiger partial charge in [0.25, 0.3) is 0 Å². The SMILES string of the molecule is CC(C)(C)ONC=CCCOc1c(Cl)cc(OCC=C(Cl)Cl)cc1Cl. The van der Waals surface area contributed by atoms with E-state index in [9.17, 15) is 0 Å². The van der Waals surface area contributed by atoms with E-state index in [1.807, 2.05) is 26.8 Å². The molecule has 1 aromatic carbocycles. The average Bonchev–Trinajstić information content (AvgIpc) is 2.47. The van der Waals surface area contributed by atoms with Crippen LogP contribution in [0.1, 0.15) is 27.2 Å². The lowest BCUT2D eigenvalue weighted by molar-refractivity contribution is -0.0522. The van der Waals surface area contributed by atoms with Crippen LogP contribution in [0.3, 0.4) is 0 Å². The zero-order chi connectivity index (χ0) is 18.9. The fourth-order valence-corrected chi connectivity index (χ4v) is 2.23. The lowest BCUT2D eigenvalue weighted by Crippen LogP contribution is -2.25. The maximum absolute atomic E-state index is 6.18. The maximum atomic E-state index is 6.18. The lowest BCUT2D eigenvalue weighted by atomic mass is 10.2. The van der Waals surface area contributed by atoms with Crippen LogP contribution >= 0.6 is 46.4 Å². The fraction of sp³-hybridized carbons (Fsp3) is 0.412. The molecule has 1 rings (SSSR count). The molecule has 0 atom stereocenters. The summed E-state index contributed by atoms with van der Waals surface area (Å²) >= 11 is 23.4. The molecule has 0 saturated heterocycles. The number of hydrogen-bond donors (Lipinski definition) is 1. The Morgan fingerprint density at radius 1 is 1.12 bits per heavy atom. The first-order valence-corrected chi connectivity index (χ1v) is 9.04. The Morgan fingerprint density at radius 3 is 2.32 bits per heavy atom. The van der Waals surface area contributed by atoms with E-state index in [1.54, 1.807) is 18.3 Å². The van der Waals surface area contributed by atoms with Gasteiger partial charge in [0.15, 0.2) is 5.75 Å². The molecule has 0 fully saturated rings.